The molecule has 0 saturated carbocycles. The first-order valence-corrected chi connectivity index (χ1v) is 14.1. The second kappa shape index (κ2) is 12.9. The number of pyridine rings is 1. The minimum atomic E-state index is 0.116. The topological polar surface area (TPSA) is 110 Å². The number of rotatable bonds is 9. The normalized spacial score (nSPS) is 18.7. The van der Waals surface area contributed by atoms with E-state index in [0.717, 1.165) is 81.8 Å². The molecular formula is C30H40N8O2. The third-order valence-corrected chi connectivity index (χ3v) is 7.98. The van der Waals surface area contributed by atoms with Crippen molar-refractivity contribution in [2.75, 3.05) is 55.7 Å². The summed E-state index contributed by atoms with van der Waals surface area (Å²) in [6.45, 7) is 4.73. The van der Waals surface area contributed by atoms with E-state index in [0.29, 0.717) is 18.3 Å². The number of nitrogen functional groups attached to an aromatic ring is 1. The Labute approximate surface area is 236 Å². The summed E-state index contributed by atoms with van der Waals surface area (Å²) < 4.78 is 0. The Hall–Kier alpha value is -4.05. The van der Waals surface area contributed by atoms with E-state index < -0.39 is 0 Å². The number of carbonyl (C=O) groups excluding carboxylic acids is 2. The van der Waals surface area contributed by atoms with Gasteiger partial charge < -0.3 is 26.3 Å². The molecule has 3 aliphatic heterocycles. The summed E-state index contributed by atoms with van der Waals surface area (Å²) in [5.41, 5.74) is 12.9. The third kappa shape index (κ3) is 6.93. The lowest BCUT2D eigenvalue weighted by Gasteiger charge is -2.38. The van der Waals surface area contributed by atoms with Crippen LogP contribution in [0.5, 0.6) is 0 Å². The number of nitrogens with one attached hydrogen (secondary N) is 2. The Morgan fingerprint density at radius 1 is 1.15 bits per heavy atom. The van der Waals surface area contributed by atoms with E-state index in [4.69, 9.17) is 5.73 Å². The highest BCUT2D eigenvalue weighted by atomic mass is 16.2. The average Bonchev–Trinajstić information content (AvgIpc) is 2.97. The molecule has 1 aromatic heterocycles. The number of nitrogens with zero attached hydrogens (tertiary/aromatic N) is 5. The van der Waals surface area contributed by atoms with Gasteiger partial charge in [0.1, 0.15) is 5.82 Å². The number of likely N-dealkylation sites (tertiary alicyclic amines) is 2. The van der Waals surface area contributed by atoms with Gasteiger partial charge in [-0.1, -0.05) is 12.1 Å². The summed E-state index contributed by atoms with van der Waals surface area (Å²) in [5, 5.41) is 5.61. The van der Waals surface area contributed by atoms with Crippen molar-refractivity contribution < 1.29 is 9.59 Å². The number of anilines is 3. The molecule has 4 N–H and O–H groups in total. The average molecular weight is 545 g/mol. The number of amides is 2. The van der Waals surface area contributed by atoms with Gasteiger partial charge in [0.05, 0.1) is 17.9 Å². The van der Waals surface area contributed by atoms with E-state index in [2.05, 4.69) is 37.8 Å². The van der Waals surface area contributed by atoms with Gasteiger partial charge in [-0.3, -0.25) is 19.5 Å². The molecule has 2 fully saturated rings. The lowest BCUT2D eigenvalue weighted by atomic mass is 9.93. The zero-order valence-electron chi connectivity index (χ0n) is 23.2. The molecule has 4 heterocycles. The molecule has 10 nitrogen and oxygen atoms in total. The second-order valence-electron chi connectivity index (χ2n) is 10.9. The summed E-state index contributed by atoms with van der Waals surface area (Å²) in [6.07, 6.45) is 12.3. The Kier molecular flexibility index (Phi) is 8.85. The summed E-state index contributed by atoms with van der Waals surface area (Å²) in [6, 6.07) is 11.7. The van der Waals surface area contributed by atoms with Crippen molar-refractivity contribution in [3.63, 3.8) is 0 Å². The first-order valence-electron chi connectivity index (χ1n) is 14.1. The summed E-state index contributed by atoms with van der Waals surface area (Å²) in [4.78, 5) is 35.6. The molecule has 10 heteroatoms. The van der Waals surface area contributed by atoms with Crippen LogP contribution < -0.4 is 21.4 Å². The fourth-order valence-corrected chi connectivity index (χ4v) is 5.82. The Morgan fingerprint density at radius 2 is 1.93 bits per heavy atom. The summed E-state index contributed by atoms with van der Waals surface area (Å²) >= 11 is 0. The van der Waals surface area contributed by atoms with Crippen molar-refractivity contribution in [2.24, 2.45) is 5.92 Å². The van der Waals surface area contributed by atoms with Crippen LogP contribution in [0.3, 0.4) is 0 Å². The third-order valence-electron chi connectivity index (χ3n) is 7.98. The summed E-state index contributed by atoms with van der Waals surface area (Å²) in [7, 11) is 1.99. The first kappa shape index (κ1) is 27.5. The van der Waals surface area contributed by atoms with Crippen molar-refractivity contribution in [2.45, 2.75) is 38.3 Å². The number of carbonyl (C=O) groups is 2. The molecule has 3 aliphatic rings. The molecule has 0 atom stereocenters. The molecule has 0 aliphatic carbocycles. The van der Waals surface area contributed by atoms with Crippen LogP contribution in [0.2, 0.25) is 0 Å². The number of aromatic nitrogens is 1. The van der Waals surface area contributed by atoms with Gasteiger partial charge in [0.2, 0.25) is 12.3 Å². The quantitative estimate of drug-likeness (QED) is 0.414. The standard InChI is InChI=1S/C30H40N8O2/c1-35-19-24(7-13-33-35)20-36-14-8-25(9-15-36)30(40)37-16-10-26(11-17-37)34-27-4-2-3-5-28(27)38(22-39)21-23-6-12-32-29(31)18-23/h2-7,12-13,18-19,22,25-26,33-34H,8-11,14-17,20-21H2,1H3,(H2,31,32). The molecule has 0 unspecified atom stereocenters. The second-order valence-corrected chi connectivity index (χ2v) is 10.9. The van der Waals surface area contributed by atoms with Gasteiger partial charge in [-0.15, -0.1) is 0 Å². The number of para-hydroxylation sites is 2. The van der Waals surface area contributed by atoms with Gasteiger partial charge in [0, 0.05) is 57.2 Å². The Morgan fingerprint density at radius 3 is 2.65 bits per heavy atom. The predicted molar refractivity (Wildman–Crippen MR) is 158 cm³/mol. The number of hydrazine groups is 1. The Balaban J connectivity index is 1.11. The number of hydrogen-bond donors (Lipinski definition) is 3. The van der Waals surface area contributed by atoms with Crippen molar-refractivity contribution in [1.29, 1.82) is 0 Å². The molecule has 2 saturated heterocycles. The van der Waals surface area contributed by atoms with E-state index >= 15 is 0 Å². The van der Waals surface area contributed by atoms with Crippen molar-refractivity contribution in [1.82, 2.24) is 25.2 Å². The molecular weight excluding hydrogens is 504 g/mol. The molecule has 5 rings (SSSR count). The van der Waals surface area contributed by atoms with Gasteiger partial charge in [-0.2, -0.15) is 0 Å². The molecule has 40 heavy (non-hydrogen) atoms. The van der Waals surface area contributed by atoms with E-state index in [9.17, 15) is 9.59 Å². The van der Waals surface area contributed by atoms with Crippen LogP contribution in [0.15, 0.2) is 66.6 Å². The molecule has 0 bridgehead atoms. The van der Waals surface area contributed by atoms with Crippen LogP contribution in [0, 0.1) is 5.92 Å². The number of nitrogens with two attached hydrogens (primary N) is 1. The van der Waals surface area contributed by atoms with E-state index in [-0.39, 0.29) is 12.0 Å². The molecule has 0 spiro atoms. The minimum absolute atomic E-state index is 0.116. The van der Waals surface area contributed by atoms with Crippen LogP contribution in [-0.2, 0) is 16.1 Å². The van der Waals surface area contributed by atoms with Crippen molar-refractivity contribution in [3.8, 4) is 0 Å². The Bertz CT molecular complexity index is 1230. The SMILES string of the molecule is CN1C=C(CN2CCC(C(=O)N3CCC(Nc4ccccc4N(C=O)Cc4ccnc(N)c4)CC3)CC2)C=CN1. The van der Waals surface area contributed by atoms with Gasteiger partial charge >= 0.3 is 0 Å². The fourth-order valence-electron chi connectivity index (χ4n) is 5.82. The number of benzene rings is 1. The molecule has 1 aromatic carbocycles. The minimum Gasteiger partial charge on any atom is -0.384 e. The van der Waals surface area contributed by atoms with E-state index in [1.165, 1.54) is 5.57 Å². The maximum absolute atomic E-state index is 13.3. The molecule has 2 aromatic rings. The zero-order chi connectivity index (χ0) is 27.9. The maximum Gasteiger partial charge on any atom is 0.225 e. The monoisotopic (exact) mass is 544 g/mol. The number of hydrogen-bond acceptors (Lipinski definition) is 8. The molecule has 0 radical (unpaired) electrons. The van der Waals surface area contributed by atoms with Gasteiger partial charge in [0.25, 0.3) is 0 Å². The van der Waals surface area contributed by atoms with E-state index in [1.54, 1.807) is 17.2 Å². The lowest BCUT2D eigenvalue weighted by molar-refractivity contribution is -0.138. The highest BCUT2D eigenvalue weighted by Crippen LogP contribution is 2.29. The lowest BCUT2D eigenvalue weighted by Crippen LogP contribution is -2.47. The predicted octanol–water partition coefficient (Wildman–Crippen LogP) is 2.79. The van der Waals surface area contributed by atoms with Crippen LogP contribution in [0.4, 0.5) is 17.2 Å². The van der Waals surface area contributed by atoms with Crippen molar-refractivity contribution >= 4 is 29.5 Å². The van der Waals surface area contributed by atoms with E-state index in [1.807, 2.05) is 48.6 Å². The van der Waals surface area contributed by atoms with Gasteiger partial charge in [-0.25, -0.2) is 4.98 Å². The van der Waals surface area contributed by atoms with Crippen LogP contribution in [0.1, 0.15) is 31.2 Å². The van der Waals surface area contributed by atoms with Gasteiger partial charge in [-0.05, 0) is 80.3 Å². The van der Waals surface area contributed by atoms with Crippen molar-refractivity contribution in [3.05, 3.63) is 72.2 Å². The van der Waals surface area contributed by atoms with Crippen LogP contribution >= 0.6 is 0 Å². The first-order chi connectivity index (χ1) is 19.5. The smallest absolute Gasteiger partial charge is 0.225 e. The summed E-state index contributed by atoms with van der Waals surface area (Å²) in [5.74, 6) is 0.856. The maximum atomic E-state index is 13.3. The highest BCUT2D eigenvalue weighted by molar-refractivity contribution is 5.83. The highest BCUT2D eigenvalue weighted by Gasteiger charge is 2.31. The van der Waals surface area contributed by atoms with Crippen LogP contribution in [-0.4, -0.2) is 77.9 Å². The molecule has 212 valence electrons. The number of piperidine rings is 2. The van der Waals surface area contributed by atoms with Crippen LogP contribution in [0.25, 0.3) is 0 Å². The largest absolute Gasteiger partial charge is 0.384 e. The molecule has 2 amide bonds. The zero-order valence-corrected chi connectivity index (χ0v) is 23.2. The fraction of sp³-hybridized carbons (Fsp3) is 0.433. The van der Waals surface area contributed by atoms with Gasteiger partial charge in [0.15, 0.2) is 0 Å².